The first-order valence-electron chi connectivity index (χ1n) is 11.0. The summed E-state index contributed by atoms with van der Waals surface area (Å²) in [5.41, 5.74) is 2.81. The van der Waals surface area contributed by atoms with Crippen molar-refractivity contribution >= 4 is 21.4 Å². The molecule has 168 valence electrons. The van der Waals surface area contributed by atoms with E-state index >= 15 is 0 Å². The lowest BCUT2D eigenvalue weighted by Crippen LogP contribution is -2.41. The molecule has 3 atom stereocenters. The molecule has 0 radical (unpaired) electrons. The topological polar surface area (TPSA) is 66.8 Å². The van der Waals surface area contributed by atoms with Gasteiger partial charge >= 0.3 is 0 Å². The Labute approximate surface area is 189 Å². The van der Waals surface area contributed by atoms with Crippen molar-refractivity contribution in [1.29, 1.82) is 0 Å². The van der Waals surface area contributed by atoms with Gasteiger partial charge in [0.25, 0.3) is 0 Å². The number of aliphatic hydroxyl groups is 1. The first kappa shape index (κ1) is 22.6. The van der Waals surface area contributed by atoms with Gasteiger partial charge in [-0.3, -0.25) is 4.90 Å². The van der Waals surface area contributed by atoms with Crippen molar-refractivity contribution in [3.05, 3.63) is 58.6 Å². The number of ether oxygens (including phenoxy) is 1. The van der Waals surface area contributed by atoms with Gasteiger partial charge in [0, 0.05) is 29.6 Å². The van der Waals surface area contributed by atoms with E-state index in [0.29, 0.717) is 30.4 Å². The summed E-state index contributed by atoms with van der Waals surface area (Å²) in [7, 11) is -3.43. The Balaban J connectivity index is 1.32. The molecule has 2 aliphatic rings. The quantitative estimate of drug-likeness (QED) is 0.677. The Hall–Kier alpha value is -1.60. The Morgan fingerprint density at radius 1 is 1.16 bits per heavy atom. The number of fused-ring (bicyclic) bond motifs is 1. The molecule has 0 bridgehead atoms. The summed E-state index contributed by atoms with van der Waals surface area (Å²) >= 11 is 6.21. The minimum Gasteiger partial charge on any atom is -0.493 e. The second kappa shape index (κ2) is 9.49. The van der Waals surface area contributed by atoms with Gasteiger partial charge in [-0.1, -0.05) is 17.7 Å². The second-order valence-electron chi connectivity index (χ2n) is 8.78. The van der Waals surface area contributed by atoms with Gasteiger partial charge in [-0.05, 0) is 80.1 Å². The molecule has 3 unspecified atom stereocenters. The van der Waals surface area contributed by atoms with Crippen molar-refractivity contribution in [3.8, 4) is 5.75 Å². The van der Waals surface area contributed by atoms with Crippen LogP contribution in [0.2, 0.25) is 5.02 Å². The SMILES string of the molecule is CC1CC(COc2ccc(S(=O)(=O)CCO)cc2)CN1C1CCc2ccc(Cl)cc2C1. The normalized spacial score (nSPS) is 24.2. The number of hydrogen-bond donors (Lipinski definition) is 1. The number of benzene rings is 2. The van der Waals surface area contributed by atoms with Crippen LogP contribution in [-0.4, -0.2) is 56.0 Å². The molecule has 0 amide bonds. The summed E-state index contributed by atoms with van der Waals surface area (Å²) < 4.78 is 30.0. The molecule has 5 nitrogen and oxygen atoms in total. The van der Waals surface area contributed by atoms with Crippen LogP contribution in [-0.2, 0) is 22.7 Å². The van der Waals surface area contributed by atoms with E-state index in [1.807, 2.05) is 6.07 Å². The van der Waals surface area contributed by atoms with E-state index in [-0.39, 0.29) is 17.3 Å². The lowest BCUT2D eigenvalue weighted by molar-refractivity contribution is 0.164. The van der Waals surface area contributed by atoms with Gasteiger partial charge in [0.05, 0.1) is 23.9 Å². The summed E-state index contributed by atoms with van der Waals surface area (Å²) in [6.45, 7) is 3.56. The molecule has 0 saturated carbocycles. The second-order valence-corrected chi connectivity index (χ2v) is 11.3. The Kier molecular flexibility index (Phi) is 6.92. The first-order valence-corrected chi connectivity index (χ1v) is 13.0. The van der Waals surface area contributed by atoms with E-state index in [1.54, 1.807) is 24.3 Å². The highest BCUT2D eigenvalue weighted by Gasteiger charge is 2.35. The fourth-order valence-corrected chi connectivity index (χ4v) is 6.21. The van der Waals surface area contributed by atoms with Crippen molar-refractivity contribution in [2.75, 3.05) is 25.5 Å². The van der Waals surface area contributed by atoms with Crippen molar-refractivity contribution in [3.63, 3.8) is 0 Å². The molecule has 0 aromatic heterocycles. The molecular weight excluding hydrogens is 434 g/mol. The highest BCUT2D eigenvalue weighted by molar-refractivity contribution is 7.91. The molecule has 7 heteroatoms. The fourth-order valence-electron chi connectivity index (χ4n) is 4.98. The van der Waals surface area contributed by atoms with Crippen molar-refractivity contribution in [2.24, 2.45) is 5.92 Å². The van der Waals surface area contributed by atoms with Crippen LogP contribution in [0.3, 0.4) is 0 Å². The summed E-state index contributed by atoms with van der Waals surface area (Å²) in [5.74, 6) is 0.866. The number of likely N-dealkylation sites (tertiary alicyclic amines) is 1. The maximum absolute atomic E-state index is 12.0. The number of sulfone groups is 1. The fraction of sp³-hybridized carbons (Fsp3) is 0.500. The van der Waals surface area contributed by atoms with Crippen LogP contribution in [0.1, 0.15) is 30.9 Å². The summed E-state index contributed by atoms with van der Waals surface area (Å²) in [4.78, 5) is 2.84. The minimum absolute atomic E-state index is 0.215. The van der Waals surface area contributed by atoms with Gasteiger partial charge in [0.2, 0.25) is 0 Å². The van der Waals surface area contributed by atoms with E-state index < -0.39 is 9.84 Å². The van der Waals surface area contributed by atoms with E-state index in [0.717, 1.165) is 30.8 Å². The third kappa shape index (κ3) is 5.25. The number of halogens is 1. The van der Waals surface area contributed by atoms with Crippen LogP contribution in [0.15, 0.2) is 47.4 Å². The van der Waals surface area contributed by atoms with Gasteiger partial charge in [-0.2, -0.15) is 0 Å². The lowest BCUT2D eigenvalue weighted by Gasteiger charge is -2.35. The number of aryl methyl sites for hydroxylation is 1. The van der Waals surface area contributed by atoms with Crippen molar-refractivity contribution < 1.29 is 18.3 Å². The van der Waals surface area contributed by atoms with Crippen LogP contribution in [0, 0.1) is 5.92 Å². The van der Waals surface area contributed by atoms with Gasteiger partial charge in [0.15, 0.2) is 9.84 Å². The third-order valence-corrected chi connectivity index (χ3v) is 8.52. The zero-order valence-corrected chi connectivity index (χ0v) is 19.4. The van der Waals surface area contributed by atoms with Crippen LogP contribution < -0.4 is 4.74 Å². The predicted molar refractivity (Wildman–Crippen MR) is 123 cm³/mol. The highest BCUT2D eigenvalue weighted by atomic mass is 35.5. The Morgan fingerprint density at radius 3 is 2.68 bits per heavy atom. The van der Waals surface area contributed by atoms with Crippen molar-refractivity contribution in [1.82, 2.24) is 4.90 Å². The minimum atomic E-state index is -3.43. The molecular formula is C24H30ClNO4S. The zero-order valence-electron chi connectivity index (χ0n) is 17.8. The molecule has 1 aliphatic heterocycles. The van der Waals surface area contributed by atoms with Gasteiger partial charge < -0.3 is 9.84 Å². The van der Waals surface area contributed by atoms with Gasteiger partial charge in [-0.15, -0.1) is 0 Å². The molecule has 4 rings (SSSR count). The summed E-state index contributed by atoms with van der Waals surface area (Å²) in [6, 6.07) is 13.8. The van der Waals surface area contributed by atoms with Crippen LogP contribution >= 0.6 is 11.6 Å². The largest absolute Gasteiger partial charge is 0.493 e. The molecule has 1 fully saturated rings. The zero-order chi connectivity index (χ0) is 22.0. The smallest absolute Gasteiger partial charge is 0.180 e. The maximum Gasteiger partial charge on any atom is 0.180 e. The molecule has 0 spiro atoms. The van der Waals surface area contributed by atoms with Gasteiger partial charge in [-0.25, -0.2) is 8.42 Å². The van der Waals surface area contributed by atoms with E-state index in [4.69, 9.17) is 21.4 Å². The molecule has 1 heterocycles. The molecule has 1 N–H and O–H groups in total. The Morgan fingerprint density at radius 2 is 1.94 bits per heavy atom. The van der Waals surface area contributed by atoms with Crippen LogP contribution in [0.4, 0.5) is 0 Å². The number of aliphatic hydroxyl groups excluding tert-OH is 1. The monoisotopic (exact) mass is 463 g/mol. The molecule has 1 saturated heterocycles. The van der Waals surface area contributed by atoms with Gasteiger partial charge in [0.1, 0.15) is 5.75 Å². The molecule has 31 heavy (non-hydrogen) atoms. The Bertz CT molecular complexity index is 1010. The third-order valence-electron chi connectivity index (χ3n) is 6.58. The summed E-state index contributed by atoms with van der Waals surface area (Å²) in [5, 5.41) is 9.72. The average Bonchev–Trinajstić information content (AvgIpc) is 3.12. The number of hydrogen-bond acceptors (Lipinski definition) is 5. The lowest BCUT2D eigenvalue weighted by atomic mass is 9.87. The summed E-state index contributed by atoms with van der Waals surface area (Å²) in [6.07, 6.45) is 4.43. The standard InChI is InChI=1S/C24H30ClNO4S/c1-17-12-18(16-30-23-6-8-24(9-7-23)31(28,29)11-10-27)15-26(17)22-5-3-19-2-4-21(25)13-20(19)14-22/h2,4,6-9,13,17-18,22,27H,3,5,10-12,14-16H2,1H3. The van der Waals surface area contributed by atoms with E-state index in [2.05, 4.69) is 24.0 Å². The molecule has 2 aromatic rings. The average molecular weight is 464 g/mol. The van der Waals surface area contributed by atoms with E-state index in [1.165, 1.54) is 17.5 Å². The highest BCUT2D eigenvalue weighted by Crippen LogP contribution is 2.33. The van der Waals surface area contributed by atoms with Crippen LogP contribution in [0.5, 0.6) is 5.75 Å². The predicted octanol–water partition coefficient (Wildman–Crippen LogP) is 3.75. The molecule has 2 aromatic carbocycles. The number of nitrogens with zero attached hydrogens (tertiary/aromatic N) is 1. The first-order chi connectivity index (χ1) is 14.9. The number of rotatable bonds is 7. The van der Waals surface area contributed by atoms with Crippen molar-refractivity contribution in [2.45, 2.75) is 49.6 Å². The van der Waals surface area contributed by atoms with Crippen LogP contribution in [0.25, 0.3) is 0 Å². The maximum atomic E-state index is 12.0. The van der Waals surface area contributed by atoms with E-state index in [9.17, 15) is 8.42 Å². The molecule has 1 aliphatic carbocycles.